The van der Waals surface area contributed by atoms with Crippen molar-refractivity contribution < 1.29 is 0 Å². The zero-order chi connectivity index (χ0) is 18.7. The summed E-state index contributed by atoms with van der Waals surface area (Å²) in [6, 6.07) is 19.9. The van der Waals surface area contributed by atoms with Gasteiger partial charge < -0.3 is 0 Å². The molecule has 2 nitrogen and oxygen atoms in total. The third kappa shape index (κ3) is 2.30. The molecule has 0 amide bonds. The Kier molecular flexibility index (Phi) is 3.38. The number of aryl methyl sites for hydroxylation is 4. The van der Waals surface area contributed by atoms with Crippen LogP contribution in [0.2, 0.25) is 0 Å². The molecule has 0 spiro atoms. The van der Waals surface area contributed by atoms with Crippen molar-refractivity contribution in [1.29, 1.82) is 0 Å². The van der Waals surface area contributed by atoms with Gasteiger partial charge in [-0.15, -0.1) is 0 Å². The average Bonchev–Trinajstić information content (AvgIpc) is 3.06. The molecule has 0 atom stereocenters. The van der Waals surface area contributed by atoms with Crippen molar-refractivity contribution in [2.24, 2.45) is 0 Å². The molecule has 0 bridgehead atoms. The summed E-state index contributed by atoms with van der Waals surface area (Å²) in [4.78, 5) is 4.87. The van der Waals surface area contributed by atoms with E-state index in [9.17, 15) is 0 Å². The van der Waals surface area contributed by atoms with Gasteiger partial charge in [-0.1, -0.05) is 53.6 Å². The van der Waals surface area contributed by atoms with E-state index in [1.54, 1.807) is 0 Å². The van der Waals surface area contributed by atoms with Crippen molar-refractivity contribution >= 4 is 27.3 Å². The highest BCUT2D eigenvalue weighted by atomic mass is 15.0. The molecule has 0 aliphatic heterocycles. The van der Waals surface area contributed by atoms with Crippen molar-refractivity contribution in [1.82, 2.24) is 9.38 Å². The highest BCUT2D eigenvalue weighted by Crippen LogP contribution is 2.35. The molecule has 0 aliphatic carbocycles. The number of nitrogens with zero attached hydrogens (tertiary/aromatic N) is 2. The molecule has 2 heterocycles. The molecule has 27 heavy (non-hydrogen) atoms. The Morgan fingerprint density at radius 3 is 2.11 bits per heavy atom. The Bertz CT molecular complexity index is 1340. The number of benzene rings is 3. The fourth-order valence-corrected chi connectivity index (χ4v) is 4.32. The quantitative estimate of drug-likeness (QED) is 0.314. The normalized spacial score (nSPS) is 11.7. The molecule has 0 unspecified atom stereocenters. The molecule has 5 rings (SSSR count). The molecule has 0 aliphatic rings. The second kappa shape index (κ2) is 5.68. The van der Waals surface area contributed by atoms with Crippen LogP contribution in [-0.4, -0.2) is 9.38 Å². The molecule has 0 saturated heterocycles. The maximum absolute atomic E-state index is 4.87. The Morgan fingerprint density at radius 1 is 0.704 bits per heavy atom. The van der Waals surface area contributed by atoms with E-state index in [0.717, 1.165) is 11.3 Å². The molecule has 5 aromatic rings. The summed E-state index contributed by atoms with van der Waals surface area (Å²) in [5.74, 6) is 0. The summed E-state index contributed by atoms with van der Waals surface area (Å²) in [7, 11) is 0. The molecule has 3 aromatic carbocycles. The molecule has 0 radical (unpaired) electrons. The summed E-state index contributed by atoms with van der Waals surface area (Å²) < 4.78 is 2.34. The van der Waals surface area contributed by atoms with Gasteiger partial charge in [0.15, 0.2) is 0 Å². The van der Waals surface area contributed by atoms with E-state index >= 15 is 0 Å². The van der Waals surface area contributed by atoms with Gasteiger partial charge in [-0.25, -0.2) is 4.98 Å². The van der Waals surface area contributed by atoms with Crippen molar-refractivity contribution in [3.8, 4) is 11.3 Å². The largest absolute Gasteiger partial charge is 0.292 e. The summed E-state index contributed by atoms with van der Waals surface area (Å²) in [6.07, 6.45) is 2.03. The first-order chi connectivity index (χ1) is 13.0. The van der Waals surface area contributed by atoms with E-state index in [1.807, 2.05) is 6.20 Å². The Labute approximate surface area is 159 Å². The van der Waals surface area contributed by atoms with E-state index in [0.29, 0.717) is 0 Å². The lowest BCUT2D eigenvalue weighted by Crippen LogP contribution is -1.97. The van der Waals surface area contributed by atoms with E-state index < -0.39 is 0 Å². The first kappa shape index (κ1) is 16.1. The van der Waals surface area contributed by atoms with Gasteiger partial charge in [-0.3, -0.25) is 4.40 Å². The van der Waals surface area contributed by atoms with Crippen LogP contribution in [0.1, 0.15) is 22.3 Å². The van der Waals surface area contributed by atoms with Gasteiger partial charge in [0.2, 0.25) is 0 Å². The van der Waals surface area contributed by atoms with Gasteiger partial charge in [0, 0.05) is 16.3 Å². The second-order valence-corrected chi connectivity index (χ2v) is 7.64. The van der Waals surface area contributed by atoms with E-state index in [2.05, 4.69) is 86.7 Å². The van der Waals surface area contributed by atoms with Gasteiger partial charge in [0.25, 0.3) is 0 Å². The lowest BCUT2D eigenvalue weighted by molar-refractivity contribution is 1.24. The van der Waals surface area contributed by atoms with Gasteiger partial charge >= 0.3 is 0 Å². The molecule has 132 valence electrons. The Morgan fingerprint density at radius 2 is 1.37 bits per heavy atom. The SMILES string of the molecule is Cc1ccc2c(c1)c1cc(C)ccc1n1c(-c3c(C)cccc3C)cnc21. The predicted molar refractivity (Wildman–Crippen MR) is 115 cm³/mol. The van der Waals surface area contributed by atoms with Crippen LogP contribution in [0.5, 0.6) is 0 Å². The first-order valence-corrected chi connectivity index (χ1v) is 9.41. The fraction of sp³-hybridized carbons (Fsp3) is 0.160. The average molecular weight is 350 g/mol. The van der Waals surface area contributed by atoms with Crippen LogP contribution in [0.4, 0.5) is 0 Å². The fourth-order valence-electron chi connectivity index (χ4n) is 4.32. The minimum Gasteiger partial charge on any atom is -0.292 e. The van der Waals surface area contributed by atoms with Crippen LogP contribution in [0.3, 0.4) is 0 Å². The van der Waals surface area contributed by atoms with E-state index in [4.69, 9.17) is 4.98 Å². The number of aromatic nitrogens is 2. The molecule has 2 aromatic heterocycles. The van der Waals surface area contributed by atoms with Crippen molar-refractivity contribution in [3.05, 3.63) is 83.0 Å². The maximum Gasteiger partial charge on any atom is 0.145 e. The van der Waals surface area contributed by atoms with Crippen LogP contribution < -0.4 is 0 Å². The molecular weight excluding hydrogens is 328 g/mol. The number of fused-ring (bicyclic) bond motifs is 6. The topological polar surface area (TPSA) is 17.3 Å². The lowest BCUT2D eigenvalue weighted by atomic mass is 9.99. The number of imidazole rings is 1. The molecule has 2 heteroatoms. The van der Waals surface area contributed by atoms with Crippen LogP contribution in [0, 0.1) is 27.7 Å². The standard InChI is InChI=1S/C25H22N2/c1-15-8-10-19-20(12-15)21-13-16(2)9-11-22(21)27-23(14-26-25(19)27)24-17(3)6-5-7-18(24)4/h5-14H,1-4H3. The Balaban J connectivity index is 2.05. The van der Waals surface area contributed by atoms with Crippen LogP contribution >= 0.6 is 0 Å². The van der Waals surface area contributed by atoms with Crippen LogP contribution in [-0.2, 0) is 0 Å². The summed E-state index contributed by atoms with van der Waals surface area (Å²) in [6.45, 7) is 8.67. The van der Waals surface area contributed by atoms with Gasteiger partial charge in [0.05, 0.1) is 17.4 Å². The van der Waals surface area contributed by atoms with Gasteiger partial charge in [0.1, 0.15) is 5.65 Å². The minimum atomic E-state index is 1.03. The minimum absolute atomic E-state index is 1.03. The first-order valence-electron chi connectivity index (χ1n) is 9.41. The predicted octanol–water partition coefficient (Wildman–Crippen LogP) is 6.54. The summed E-state index contributed by atoms with van der Waals surface area (Å²) >= 11 is 0. The number of hydrogen-bond donors (Lipinski definition) is 0. The zero-order valence-corrected chi connectivity index (χ0v) is 16.2. The van der Waals surface area contributed by atoms with Crippen molar-refractivity contribution in [2.45, 2.75) is 27.7 Å². The second-order valence-electron chi connectivity index (χ2n) is 7.64. The third-order valence-electron chi connectivity index (χ3n) is 5.60. The Hall–Kier alpha value is -3.13. The van der Waals surface area contributed by atoms with Gasteiger partial charge in [-0.2, -0.15) is 0 Å². The smallest absolute Gasteiger partial charge is 0.145 e. The summed E-state index contributed by atoms with van der Waals surface area (Å²) in [5, 5.41) is 3.77. The van der Waals surface area contributed by atoms with Crippen molar-refractivity contribution in [3.63, 3.8) is 0 Å². The zero-order valence-electron chi connectivity index (χ0n) is 16.2. The molecule has 0 N–H and O–H groups in total. The molecule has 0 fully saturated rings. The third-order valence-corrected chi connectivity index (χ3v) is 5.60. The maximum atomic E-state index is 4.87. The van der Waals surface area contributed by atoms with E-state index in [1.165, 1.54) is 49.5 Å². The number of pyridine rings is 1. The van der Waals surface area contributed by atoms with Crippen LogP contribution in [0.15, 0.2) is 60.8 Å². The van der Waals surface area contributed by atoms with E-state index in [-0.39, 0.29) is 0 Å². The summed E-state index contributed by atoms with van der Waals surface area (Å²) in [5.41, 5.74) is 9.79. The monoisotopic (exact) mass is 350 g/mol. The molecular formula is C25H22N2. The highest BCUT2D eigenvalue weighted by Gasteiger charge is 2.16. The highest BCUT2D eigenvalue weighted by molar-refractivity contribution is 6.12. The van der Waals surface area contributed by atoms with Crippen LogP contribution in [0.25, 0.3) is 38.6 Å². The van der Waals surface area contributed by atoms with Crippen molar-refractivity contribution in [2.75, 3.05) is 0 Å². The molecule has 0 saturated carbocycles. The number of hydrogen-bond acceptors (Lipinski definition) is 1. The lowest BCUT2D eigenvalue weighted by Gasteiger charge is -2.14. The van der Waals surface area contributed by atoms with Gasteiger partial charge in [-0.05, 0) is 56.3 Å². The number of rotatable bonds is 1.